The van der Waals surface area contributed by atoms with Crippen LogP contribution in [0.5, 0.6) is 0 Å². The Morgan fingerprint density at radius 3 is 2.33 bits per heavy atom. The molecule has 3 aromatic carbocycles. The fourth-order valence-corrected chi connectivity index (χ4v) is 4.07. The number of aromatic nitrogens is 1. The Kier molecular flexibility index (Phi) is 6.01. The van der Waals surface area contributed by atoms with E-state index in [9.17, 15) is 14.9 Å². The number of nitrogens with zero attached hydrogens (tertiary/aromatic N) is 2. The number of nitro benzene ring substituents is 1. The second-order valence-electron chi connectivity index (χ2n) is 6.16. The summed E-state index contributed by atoms with van der Waals surface area (Å²) in [6.45, 7) is 0. The van der Waals surface area contributed by atoms with Gasteiger partial charge in [0.15, 0.2) is 5.58 Å². The molecule has 0 saturated carbocycles. The predicted molar refractivity (Wildman–Crippen MR) is 117 cm³/mol. The van der Waals surface area contributed by atoms with E-state index in [0.717, 1.165) is 15.3 Å². The van der Waals surface area contributed by atoms with Crippen molar-refractivity contribution in [2.45, 2.75) is 15.0 Å². The van der Waals surface area contributed by atoms with Crippen molar-refractivity contribution >= 4 is 51.9 Å². The molecule has 0 aliphatic heterocycles. The number of carbonyl (C=O) groups excluding carboxylic acids is 1. The maximum atomic E-state index is 12.2. The second-order valence-corrected chi connectivity index (χ2v) is 8.24. The van der Waals surface area contributed by atoms with Gasteiger partial charge in [-0.1, -0.05) is 35.7 Å². The molecule has 150 valence electrons. The maximum absolute atomic E-state index is 12.2. The summed E-state index contributed by atoms with van der Waals surface area (Å²) in [4.78, 5) is 28.7. The van der Waals surface area contributed by atoms with Crippen molar-refractivity contribution in [3.63, 3.8) is 0 Å². The molecule has 0 spiro atoms. The van der Waals surface area contributed by atoms with Gasteiger partial charge < -0.3 is 9.73 Å². The van der Waals surface area contributed by atoms with E-state index in [1.807, 2.05) is 48.5 Å². The molecule has 1 aromatic heterocycles. The summed E-state index contributed by atoms with van der Waals surface area (Å²) < 4.78 is 5.59. The number of hydrogen-bond donors (Lipinski definition) is 1. The molecular weight excluding hydrogens is 422 g/mol. The molecule has 30 heavy (non-hydrogen) atoms. The van der Waals surface area contributed by atoms with Gasteiger partial charge in [0.05, 0.1) is 10.7 Å². The molecule has 4 aromatic rings. The molecule has 9 heteroatoms. The van der Waals surface area contributed by atoms with Gasteiger partial charge in [0.1, 0.15) is 5.52 Å². The van der Waals surface area contributed by atoms with E-state index in [2.05, 4.69) is 10.3 Å². The average molecular weight is 438 g/mol. The maximum Gasteiger partial charge on any atom is 0.269 e. The highest BCUT2D eigenvalue weighted by molar-refractivity contribution is 7.99. The summed E-state index contributed by atoms with van der Waals surface area (Å²) in [6, 6.07) is 21.2. The molecular formula is C21H15N3O4S2. The molecule has 1 N–H and O–H groups in total. The number of para-hydroxylation sites is 2. The van der Waals surface area contributed by atoms with Crippen LogP contribution in [0.3, 0.4) is 0 Å². The predicted octanol–water partition coefficient (Wildman–Crippen LogP) is 5.62. The first-order valence-corrected chi connectivity index (χ1v) is 10.7. The van der Waals surface area contributed by atoms with E-state index < -0.39 is 4.92 Å². The Hall–Kier alpha value is -3.30. The lowest BCUT2D eigenvalue weighted by Gasteiger charge is -2.06. The molecule has 4 rings (SSSR count). The Labute approximate surface area is 180 Å². The third kappa shape index (κ3) is 5.00. The number of oxazole rings is 1. The lowest BCUT2D eigenvalue weighted by Crippen LogP contribution is -2.13. The number of non-ortho nitro benzene ring substituents is 1. The minimum absolute atomic E-state index is 0.0631. The van der Waals surface area contributed by atoms with Gasteiger partial charge in [-0.3, -0.25) is 14.9 Å². The van der Waals surface area contributed by atoms with Crippen LogP contribution >= 0.6 is 23.5 Å². The molecule has 0 radical (unpaired) electrons. The van der Waals surface area contributed by atoms with E-state index in [1.54, 1.807) is 12.1 Å². The van der Waals surface area contributed by atoms with Crippen molar-refractivity contribution in [2.24, 2.45) is 0 Å². The highest BCUT2D eigenvalue weighted by Gasteiger charge is 2.10. The number of thioether (sulfide) groups is 1. The number of hydrogen-bond acceptors (Lipinski definition) is 7. The number of nitrogens with one attached hydrogen (secondary N) is 1. The molecule has 1 amide bonds. The van der Waals surface area contributed by atoms with Gasteiger partial charge in [-0.15, -0.1) is 0 Å². The van der Waals surface area contributed by atoms with Crippen LogP contribution in [-0.2, 0) is 4.79 Å². The molecule has 0 bridgehead atoms. The van der Waals surface area contributed by atoms with Crippen LogP contribution in [0.1, 0.15) is 0 Å². The van der Waals surface area contributed by atoms with Crippen LogP contribution in [0.15, 0.2) is 92.2 Å². The Balaban J connectivity index is 1.30. The molecule has 0 fully saturated rings. The molecule has 0 saturated heterocycles. The minimum atomic E-state index is -0.422. The zero-order valence-electron chi connectivity index (χ0n) is 15.5. The van der Waals surface area contributed by atoms with Gasteiger partial charge in [-0.05, 0) is 48.5 Å². The molecule has 0 atom stereocenters. The largest absolute Gasteiger partial charge is 0.431 e. The Morgan fingerprint density at radius 2 is 1.67 bits per heavy atom. The highest BCUT2D eigenvalue weighted by Crippen LogP contribution is 2.30. The molecule has 7 nitrogen and oxygen atoms in total. The van der Waals surface area contributed by atoms with Crippen molar-refractivity contribution < 1.29 is 14.1 Å². The van der Waals surface area contributed by atoms with E-state index in [1.165, 1.54) is 35.7 Å². The third-order valence-corrected chi connectivity index (χ3v) is 5.87. The van der Waals surface area contributed by atoms with Gasteiger partial charge in [0.25, 0.3) is 10.9 Å². The number of benzene rings is 3. The summed E-state index contributed by atoms with van der Waals surface area (Å²) in [6.07, 6.45) is 0. The molecule has 0 aliphatic rings. The highest BCUT2D eigenvalue weighted by atomic mass is 32.2. The Bertz CT molecular complexity index is 1160. The SMILES string of the molecule is O=C(CSc1nc2ccccc2o1)Nc1ccc(Sc2ccc([N+](=O)[O-])cc2)cc1. The summed E-state index contributed by atoms with van der Waals surface area (Å²) in [5, 5.41) is 14.0. The number of carbonyl (C=O) groups is 1. The van der Waals surface area contributed by atoms with Gasteiger partial charge >= 0.3 is 0 Å². The van der Waals surface area contributed by atoms with E-state index in [0.29, 0.717) is 16.5 Å². The summed E-state index contributed by atoms with van der Waals surface area (Å²) >= 11 is 2.72. The average Bonchev–Trinajstić information content (AvgIpc) is 3.17. The van der Waals surface area contributed by atoms with E-state index in [-0.39, 0.29) is 17.3 Å². The molecule has 0 aliphatic carbocycles. The van der Waals surface area contributed by atoms with Crippen LogP contribution in [-0.4, -0.2) is 21.6 Å². The fourth-order valence-electron chi connectivity index (χ4n) is 2.62. The van der Waals surface area contributed by atoms with Crippen LogP contribution in [0.25, 0.3) is 11.1 Å². The van der Waals surface area contributed by atoms with Gasteiger partial charge in [-0.25, -0.2) is 4.98 Å². The normalized spacial score (nSPS) is 10.8. The van der Waals surface area contributed by atoms with Crippen molar-refractivity contribution in [2.75, 3.05) is 11.1 Å². The number of rotatable bonds is 7. The van der Waals surface area contributed by atoms with Crippen LogP contribution < -0.4 is 5.32 Å². The monoisotopic (exact) mass is 437 g/mol. The van der Waals surface area contributed by atoms with Crippen molar-refractivity contribution in [3.05, 3.63) is 82.9 Å². The zero-order chi connectivity index (χ0) is 20.9. The minimum Gasteiger partial charge on any atom is -0.431 e. The smallest absolute Gasteiger partial charge is 0.269 e. The van der Waals surface area contributed by atoms with Crippen molar-refractivity contribution in [3.8, 4) is 0 Å². The van der Waals surface area contributed by atoms with Crippen LogP contribution in [0.2, 0.25) is 0 Å². The topological polar surface area (TPSA) is 98.3 Å². The van der Waals surface area contributed by atoms with Gasteiger partial charge in [0, 0.05) is 27.6 Å². The van der Waals surface area contributed by atoms with Gasteiger partial charge in [0.2, 0.25) is 5.91 Å². The Morgan fingerprint density at radius 1 is 1.00 bits per heavy atom. The van der Waals surface area contributed by atoms with Crippen molar-refractivity contribution in [1.29, 1.82) is 0 Å². The summed E-state index contributed by atoms with van der Waals surface area (Å²) in [5.41, 5.74) is 2.21. The molecule has 1 heterocycles. The lowest BCUT2D eigenvalue weighted by molar-refractivity contribution is -0.384. The summed E-state index contributed by atoms with van der Waals surface area (Å²) in [5.74, 6) is 0.0320. The standard InChI is InChI=1S/C21H15N3O4S2/c25-20(13-29-21-23-18-3-1-2-4-19(18)28-21)22-14-5-9-16(10-6-14)30-17-11-7-15(8-12-17)24(26)27/h1-12H,13H2,(H,22,25). The summed E-state index contributed by atoms with van der Waals surface area (Å²) in [7, 11) is 0. The third-order valence-electron chi connectivity index (χ3n) is 4.02. The number of nitro groups is 1. The van der Waals surface area contributed by atoms with E-state index in [4.69, 9.17) is 4.42 Å². The van der Waals surface area contributed by atoms with Crippen LogP contribution in [0.4, 0.5) is 11.4 Å². The first-order chi connectivity index (χ1) is 14.6. The fraction of sp³-hybridized carbons (Fsp3) is 0.0476. The first kappa shape index (κ1) is 20.0. The number of fused-ring (bicyclic) bond motifs is 1. The quantitative estimate of drug-likeness (QED) is 0.228. The first-order valence-electron chi connectivity index (χ1n) is 8.87. The second kappa shape index (κ2) is 9.02. The van der Waals surface area contributed by atoms with Gasteiger partial charge in [-0.2, -0.15) is 0 Å². The van der Waals surface area contributed by atoms with E-state index >= 15 is 0 Å². The zero-order valence-corrected chi connectivity index (χ0v) is 17.1. The van der Waals surface area contributed by atoms with Crippen molar-refractivity contribution in [1.82, 2.24) is 4.98 Å². The number of amides is 1. The number of anilines is 1. The lowest BCUT2D eigenvalue weighted by atomic mass is 10.3. The van der Waals surface area contributed by atoms with Crippen LogP contribution in [0, 0.1) is 10.1 Å². The molecule has 0 unspecified atom stereocenters.